The minimum Gasteiger partial charge on any atom is -0.294 e. The molecule has 0 N–H and O–H groups in total. The standard InChI is InChI=1S/C39H67N/c1-28-14-13-23-36-37(28)39(29-15-5-2-6-16-29)35-22-12-11-21-34(35)38(36)30-24-26-33(27-25-30)40(31-17-7-3-8-18-31)32-19-9-4-10-20-32/h28-39H,2-27H2,1H3. The van der Waals surface area contributed by atoms with Crippen molar-refractivity contribution >= 4 is 0 Å². The van der Waals surface area contributed by atoms with Crippen LogP contribution in [0.25, 0.3) is 0 Å². The van der Waals surface area contributed by atoms with E-state index >= 15 is 0 Å². The predicted molar refractivity (Wildman–Crippen MR) is 170 cm³/mol. The summed E-state index contributed by atoms with van der Waals surface area (Å²) in [5.74, 6) is 9.84. The van der Waals surface area contributed by atoms with Crippen molar-refractivity contribution in [2.75, 3.05) is 0 Å². The third-order valence-corrected chi connectivity index (χ3v) is 15.0. The maximum absolute atomic E-state index is 3.24. The quantitative estimate of drug-likeness (QED) is 0.329. The van der Waals surface area contributed by atoms with E-state index in [0.29, 0.717) is 0 Å². The van der Waals surface area contributed by atoms with Crippen molar-refractivity contribution in [3.63, 3.8) is 0 Å². The third-order valence-electron chi connectivity index (χ3n) is 15.0. The molecule has 7 fully saturated rings. The lowest BCUT2D eigenvalue weighted by atomic mass is 9.44. The van der Waals surface area contributed by atoms with Crippen molar-refractivity contribution in [2.45, 2.75) is 192 Å². The summed E-state index contributed by atoms with van der Waals surface area (Å²) in [5.41, 5.74) is 0. The van der Waals surface area contributed by atoms with E-state index in [0.717, 1.165) is 71.4 Å². The van der Waals surface area contributed by atoms with Crippen LogP contribution in [-0.2, 0) is 0 Å². The van der Waals surface area contributed by atoms with E-state index in [2.05, 4.69) is 11.8 Å². The van der Waals surface area contributed by atoms with Gasteiger partial charge in [0.1, 0.15) is 0 Å². The van der Waals surface area contributed by atoms with Gasteiger partial charge in [-0.15, -0.1) is 0 Å². The van der Waals surface area contributed by atoms with Gasteiger partial charge in [-0.3, -0.25) is 4.90 Å². The van der Waals surface area contributed by atoms with Gasteiger partial charge in [-0.25, -0.2) is 0 Å². The van der Waals surface area contributed by atoms with E-state index in [1.54, 1.807) is 96.3 Å². The normalized spacial score (nSPS) is 44.7. The van der Waals surface area contributed by atoms with Crippen molar-refractivity contribution < 1.29 is 0 Å². The molecule has 7 aliphatic carbocycles. The van der Waals surface area contributed by atoms with Crippen molar-refractivity contribution in [3.8, 4) is 0 Å². The molecule has 228 valence electrons. The van der Waals surface area contributed by atoms with E-state index in [4.69, 9.17) is 0 Å². The SMILES string of the molecule is CC1CCCC2C(C3CCC(N(C4CCCCC4)C4CCCCC4)CC3)C3CCCCC3C(C3CCCCC3)C12. The second-order valence-corrected chi connectivity index (χ2v) is 16.9. The molecule has 0 spiro atoms. The van der Waals surface area contributed by atoms with E-state index in [9.17, 15) is 0 Å². The Hall–Kier alpha value is -0.0400. The lowest BCUT2D eigenvalue weighted by Crippen LogP contribution is -2.56. The Morgan fingerprint density at radius 3 is 1.38 bits per heavy atom. The van der Waals surface area contributed by atoms with Gasteiger partial charge in [0.05, 0.1) is 0 Å². The molecule has 0 bridgehead atoms. The number of hydrogen-bond acceptors (Lipinski definition) is 1. The molecule has 0 aromatic carbocycles. The summed E-state index contributed by atoms with van der Waals surface area (Å²) in [6, 6.07) is 2.82. The zero-order chi connectivity index (χ0) is 26.9. The van der Waals surface area contributed by atoms with Crippen LogP contribution in [0.5, 0.6) is 0 Å². The van der Waals surface area contributed by atoms with Crippen LogP contribution in [-0.4, -0.2) is 23.0 Å². The van der Waals surface area contributed by atoms with E-state index in [-0.39, 0.29) is 0 Å². The van der Waals surface area contributed by atoms with E-state index < -0.39 is 0 Å². The van der Waals surface area contributed by atoms with E-state index in [1.165, 1.54) is 70.6 Å². The minimum absolute atomic E-state index is 0.934. The summed E-state index contributed by atoms with van der Waals surface area (Å²) in [6.45, 7) is 2.73. The Labute approximate surface area is 249 Å². The topological polar surface area (TPSA) is 3.24 Å². The van der Waals surface area contributed by atoms with Crippen molar-refractivity contribution in [1.82, 2.24) is 4.90 Å². The average molecular weight is 550 g/mol. The third kappa shape index (κ3) is 5.75. The number of rotatable bonds is 5. The van der Waals surface area contributed by atoms with Crippen molar-refractivity contribution in [2.24, 2.45) is 53.3 Å². The predicted octanol–water partition coefficient (Wildman–Crippen LogP) is 11.2. The smallest absolute Gasteiger partial charge is 0.0101 e. The summed E-state index contributed by atoms with van der Waals surface area (Å²) >= 11 is 0. The fourth-order valence-corrected chi connectivity index (χ4v) is 13.7. The van der Waals surface area contributed by atoms with Gasteiger partial charge in [-0.1, -0.05) is 103 Å². The van der Waals surface area contributed by atoms with Gasteiger partial charge in [0.25, 0.3) is 0 Å². The van der Waals surface area contributed by atoms with Gasteiger partial charge in [0, 0.05) is 18.1 Å². The molecular formula is C39H67N. The fraction of sp³-hybridized carbons (Fsp3) is 1.00. The second-order valence-electron chi connectivity index (χ2n) is 16.9. The molecule has 0 aliphatic heterocycles. The van der Waals surface area contributed by atoms with Gasteiger partial charge < -0.3 is 0 Å². The first kappa shape index (κ1) is 28.7. The Kier molecular flexibility index (Phi) is 9.55. The number of nitrogens with zero attached hydrogens (tertiary/aromatic N) is 1. The van der Waals surface area contributed by atoms with Gasteiger partial charge >= 0.3 is 0 Å². The van der Waals surface area contributed by atoms with Crippen LogP contribution in [0.4, 0.5) is 0 Å². The highest BCUT2D eigenvalue weighted by molar-refractivity contribution is 5.05. The van der Waals surface area contributed by atoms with Crippen LogP contribution in [0.2, 0.25) is 0 Å². The largest absolute Gasteiger partial charge is 0.294 e. The van der Waals surface area contributed by atoms with Gasteiger partial charge in [-0.05, 0) is 124 Å². The second kappa shape index (κ2) is 13.3. The molecule has 7 saturated carbocycles. The Balaban J connectivity index is 1.10. The Morgan fingerprint density at radius 2 is 0.775 bits per heavy atom. The maximum atomic E-state index is 3.24. The molecule has 0 saturated heterocycles. The van der Waals surface area contributed by atoms with Crippen molar-refractivity contribution in [3.05, 3.63) is 0 Å². The maximum Gasteiger partial charge on any atom is 0.0101 e. The zero-order valence-corrected chi connectivity index (χ0v) is 26.8. The first-order valence-electron chi connectivity index (χ1n) is 19.6. The fourth-order valence-electron chi connectivity index (χ4n) is 13.7. The molecule has 0 radical (unpaired) electrons. The molecule has 0 aromatic rings. The summed E-state index contributed by atoms with van der Waals surface area (Å²) in [6.07, 6.45) is 40.4. The highest BCUT2D eigenvalue weighted by Gasteiger charge is 2.56. The average Bonchev–Trinajstić information content (AvgIpc) is 3.02. The molecule has 7 rings (SSSR count). The zero-order valence-electron chi connectivity index (χ0n) is 26.8. The molecule has 1 nitrogen and oxygen atoms in total. The van der Waals surface area contributed by atoms with Gasteiger partial charge in [0.15, 0.2) is 0 Å². The van der Waals surface area contributed by atoms with Crippen LogP contribution in [0.3, 0.4) is 0 Å². The van der Waals surface area contributed by atoms with Crippen LogP contribution in [0, 0.1) is 53.3 Å². The van der Waals surface area contributed by atoms with Crippen LogP contribution >= 0.6 is 0 Å². The summed E-state index contributed by atoms with van der Waals surface area (Å²) in [4.78, 5) is 3.24. The van der Waals surface area contributed by atoms with Gasteiger partial charge in [0.2, 0.25) is 0 Å². The molecular weight excluding hydrogens is 482 g/mol. The molecule has 0 amide bonds. The molecule has 7 unspecified atom stereocenters. The first-order valence-corrected chi connectivity index (χ1v) is 19.6. The van der Waals surface area contributed by atoms with Crippen LogP contribution in [0.15, 0.2) is 0 Å². The first-order chi connectivity index (χ1) is 19.8. The highest BCUT2D eigenvalue weighted by Crippen LogP contribution is 2.63. The summed E-state index contributed by atoms with van der Waals surface area (Å²) in [7, 11) is 0. The molecule has 0 heterocycles. The molecule has 40 heavy (non-hydrogen) atoms. The van der Waals surface area contributed by atoms with Crippen LogP contribution < -0.4 is 0 Å². The molecule has 7 aliphatic rings. The molecule has 7 atom stereocenters. The minimum atomic E-state index is 0.934. The van der Waals surface area contributed by atoms with Gasteiger partial charge in [-0.2, -0.15) is 0 Å². The Morgan fingerprint density at radius 1 is 0.325 bits per heavy atom. The Bertz CT molecular complexity index is 746. The highest BCUT2D eigenvalue weighted by atomic mass is 15.2. The van der Waals surface area contributed by atoms with Crippen LogP contribution in [0.1, 0.15) is 174 Å². The molecule has 0 aromatic heterocycles. The number of fused-ring (bicyclic) bond motifs is 2. The lowest BCUT2D eigenvalue weighted by Gasteiger charge is -2.62. The summed E-state index contributed by atoms with van der Waals surface area (Å²) < 4.78 is 0. The van der Waals surface area contributed by atoms with Crippen molar-refractivity contribution in [1.29, 1.82) is 0 Å². The molecule has 1 heteroatoms. The lowest BCUT2D eigenvalue weighted by molar-refractivity contribution is -0.131. The van der Waals surface area contributed by atoms with E-state index in [1.807, 2.05) is 0 Å². The number of hydrogen-bond donors (Lipinski definition) is 0. The monoisotopic (exact) mass is 550 g/mol. The summed E-state index contributed by atoms with van der Waals surface area (Å²) in [5, 5.41) is 0.